The smallest absolute Gasteiger partial charge is 0.336 e. The van der Waals surface area contributed by atoms with Crippen molar-refractivity contribution in [1.29, 1.82) is 0 Å². The Balaban J connectivity index is 2.09. The van der Waals surface area contributed by atoms with Gasteiger partial charge < -0.3 is 10.2 Å². The number of carboxylic acid groups (broad SMARTS) is 2. The number of allylic oxidation sites excluding steroid dienone is 2. The van der Waals surface area contributed by atoms with Gasteiger partial charge in [-0.2, -0.15) is 0 Å². The summed E-state index contributed by atoms with van der Waals surface area (Å²) in [6.45, 7) is 0. The summed E-state index contributed by atoms with van der Waals surface area (Å²) >= 11 is 0. The van der Waals surface area contributed by atoms with Crippen molar-refractivity contribution in [2.75, 3.05) is 0 Å². The molecule has 0 unspecified atom stereocenters. The molecule has 1 saturated carbocycles. The first-order valence-corrected chi connectivity index (χ1v) is 8.08. The van der Waals surface area contributed by atoms with Gasteiger partial charge >= 0.3 is 11.9 Å². The maximum absolute atomic E-state index is 12.3. The summed E-state index contributed by atoms with van der Waals surface area (Å²) in [5, 5.41) is 18.6. The normalized spacial score (nSPS) is 17.0. The van der Waals surface area contributed by atoms with Gasteiger partial charge in [0.1, 0.15) is 0 Å². The Bertz CT molecular complexity index is 966. The lowest BCUT2D eigenvalue weighted by atomic mass is 9.98. The van der Waals surface area contributed by atoms with Crippen molar-refractivity contribution in [2.24, 2.45) is 0 Å². The summed E-state index contributed by atoms with van der Waals surface area (Å²) in [6, 6.07) is 13.0. The fourth-order valence-corrected chi connectivity index (χ4v) is 3.00. The molecule has 0 atom stereocenters. The van der Waals surface area contributed by atoms with E-state index < -0.39 is 11.9 Å². The molecule has 26 heavy (non-hydrogen) atoms. The predicted octanol–water partition coefficient (Wildman–Crippen LogP) is 3.91. The van der Waals surface area contributed by atoms with Gasteiger partial charge in [-0.3, -0.25) is 4.79 Å². The monoisotopic (exact) mass is 348 g/mol. The third-order valence-corrected chi connectivity index (χ3v) is 4.28. The molecule has 0 radical (unpaired) electrons. The van der Waals surface area contributed by atoms with Crippen molar-refractivity contribution < 1.29 is 24.6 Å². The average Bonchev–Trinajstić information content (AvgIpc) is 2.95. The fourth-order valence-electron chi connectivity index (χ4n) is 3.00. The first-order chi connectivity index (χ1) is 12.5. The number of hydrogen-bond acceptors (Lipinski definition) is 3. The third-order valence-electron chi connectivity index (χ3n) is 4.28. The van der Waals surface area contributed by atoms with Crippen LogP contribution in [-0.4, -0.2) is 27.9 Å². The van der Waals surface area contributed by atoms with Crippen molar-refractivity contribution >= 4 is 29.9 Å². The first kappa shape index (κ1) is 17.4. The van der Waals surface area contributed by atoms with Crippen LogP contribution in [0.5, 0.6) is 0 Å². The van der Waals surface area contributed by atoms with Crippen molar-refractivity contribution in [3.63, 3.8) is 0 Å². The Hall–Kier alpha value is -3.47. The van der Waals surface area contributed by atoms with E-state index in [0.29, 0.717) is 35.1 Å². The molecule has 0 spiro atoms. The number of aromatic carboxylic acids is 2. The second kappa shape index (κ2) is 7.19. The number of benzene rings is 2. The molecule has 5 heteroatoms. The number of carbonyl (C=O) groups is 3. The summed E-state index contributed by atoms with van der Waals surface area (Å²) in [5.41, 5.74) is 2.38. The minimum Gasteiger partial charge on any atom is -0.478 e. The lowest BCUT2D eigenvalue weighted by Gasteiger charge is -2.06. The van der Waals surface area contributed by atoms with E-state index in [1.165, 1.54) is 12.1 Å². The lowest BCUT2D eigenvalue weighted by molar-refractivity contribution is -0.114. The van der Waals surface area contributed by atoms with Crippen molar-refractivity contribution in [1.82, 2.24) is 0 Å². The summed E-state index contributed by atoms with van der Waals surface area (Å²) < 4.78 is 0. The number of ketones is 1. The number of carbonyl (C=O) groups excluding carboxylic acids is 1. The van der Waals surface area contributed by atoms with Crippen LogP contribution >= 0.6 is 0 Å². The van der Waals surface area contributed by atoms with Gasteiger partial charge in [-0.15, -0.1) is 0 Å². The maximum atomic E-state index is 12.3. The molecule has 0 aliphatic heterocycles. The van der Waals surface area contributed by atoms with E-state index in [1.807, 2.05) is 0 Å². The zero-order chi connectivity index (χ0) is 18.7. The highest BCUT2D eigenvalue weighted by atomic mass is 16.4. The average molecular weight is 348 g/mol. The largest absolute Gasteiger partial charge is 0.478 e. The molecule has 0 amide bonds. The minimum atomic E-state index is -1.07. The van der Waals surface area contributed by atoms with Gasteiger partial charge in [-0.1, -0.05) is 42.5 Å². The number of Topliss-reactive ketones (excluding diaryl/α,β-unsaturated/α-hetero) is 1. The van der Waals surface area contributed by atoms with Crippen LogP contribution in [0.25, 0.3) is 12.2 Å². The Morgan fingerprint density at radius 1 is 0.769 bits per heavy atom. The van der Waals surface area contributed by atoms with Gasteiger partial charge in [-0.05, 0) is 41.3 Å². The number of carboxylic acids is 2. The van der Waals surface area contributed by atoms with E-state index in [9.17, 15) is 24.6 Å². The van der Waals surface area contributed by atoms with Crippen LogP contribution in [0.1, 0.15) is 44.7 Å². The molecule has 2 aromatic carbocycles. The Labute approximate surface area is 149 Å². The zero-order valence-corrected chi connectivity index (χ0v) is 13.8. The maximum Gasteiger partial charge on any atom is 0.336 e. The van der Waals surface area contributed by atoms with Crippen LogP contribution in [0, 0.1) is 0 Å². The molecule has 1 aliphatic carbocycles. The molecule has 3 rings (SSSR count). The molecule has 0 heterocycles. The van der Waals surface area contributed by atoms with E-state index >= 15 is 0 Å². The first-order valence-electron chi connectivity index (χ1n) is 8.08. The molecule has 130 valence electrons. The van der Waals surface area contributed by atoms with Crippen LogP contribution < -0.4 is 0 Å². The molecule has 1 aliphatic rings. The van der Waals surface area contributed by atoms with Gasteiger partial charge in [0.25, 0.3) is 0 Å². The quantitative estimate of drug-likeness (QED) is 0.817. The molecular formula is C21H16O5. The van der Waals surface area contributed by atoms with Gasteiger partial charge in [0.15, 0.2) is 5.78 Å². The van der Waals surface area contributed by atoms with Crippen LogP contribution in [0.3, 0.4) is 0 Å². The zero-order valence-electron chi connectivity index (χ0n) is 13.8. The lowest BCUT2D eigenvalue weighted by Crippen LogP contribution is -2.01. The molecule has 1 fully saturated rings. The summed E-state index contributed by atoms with van der Waals surface area (Å²) in [7, 11) is 0. The topological polar surface area (TPSA) is 91.7 Å². The summed E-state index contributed by atoms with van der Waals surface area (Å²) in [6.07, 6.45) is 4.09. The SMILES string of the molecule is O=C1CCC(=C\c2ccccc2C(=O)O)/C1=C\c1ccccc1C(=O)O. The van der Waals surface area contributed by atoms with Gasteiger partial charge in [0.2, 0.25) is 0 Å². The van der Waals surface area contributed by atoms with Gasteiger partial charge in [0.05, 0.1) is 11.1 Å². The highest BCUT2D eigenvalue weighted by Gasteiger charge is 2.24. The molecule has 2 N–H and O–H groups in total. The molecule has 0 aromatic heterocycles. The Morgan fingerprint density at radius 2 is 1.27 bits per heavy atom. The summed E-state index contributed by atoms with van der Waals surface area (Å²) in [5.74, 6) is -2.18. The van der Waals surface area contributed by atoms with Crippen LogP contribution in [-0.2, 0) is 4.79 Å². The second-order valence-corrected chi connectivity index (χ2v) is 5.94. The Morgan fingerprint density at radius 3 is 1.81 bits per heavy atom. The fraction of sp³-hybridized carbons (Fsp3) is 0.0952. The van der Waals surface area contributed by atoms with E-state index in [0.717, 1.165) is 0 Å². The second-order valence-electron chi connectivity index (χ2n) is 5.94. The highest BCUT2D eigenvalue weighted by Crippen LogP contribution is 2.32. The van der Waals surface area contributed by atoms with Crippen LogP contribution in [0.2, 0.25) is 0 Å². The number of rotatable bonds is 4. The number of hydrogen-bond donors (Lipinski definition) is 2. The third kappa shape index (κ3) is 3.47. The van der Waals surface area contributed by atoms with E-state index in [-0.39, 0.29) is 16.9 Å². The molecule has 2 aromatic rings. The Kier molecular flexibility index (Phi) is 4.80. The van der Waals surface area contributed by atoms with E-state index in [2.05, 4.69) is 0 Å². The highest BCUT2D eigenvalue weighted by molar-refractivity contribution is 6.09. The van der Waals surface area contributed by atoms with Crippen LogP contribution in [0.4, 0.5) is 0 Å². The van der Waals surface area contributed by atoms with Crippen molar-refractivity contribution in [3.8, 4) is 0 Å². The molecule has 0 bridgehead atoms. The van der Waals surface area contributed by atoms with E-state index in [4.69, 9.17) is 0 Å². The van der Waals surface area contributed by atoms with Crippen molar-refractivity contribution in [2.45, 2.75) is 12.8 Å². The summed E-state index contributed by atoms with van der Waals surface area (Å²) in [4.78, 5) is 35.1. The van der Waals surface area contributed by atoms with Crippen molar-refractivity contribution in [3.05, 3.63) is 81.9 Å². The standard InChI is InChI=1S/C21H16O5/c22-19-10-9-15(11-13-5-1-3-7-16(13)20(23)24)18(19)12-14-6-2-4-8-17(14)21(25)26/h1-8,11-12H,9-10H2,(H,23,24)(H,25,26)/b15-11+,18-12+. The predicted molar refractivity (Wildman–Crippen MR) is 97.0 cm³/mol. The van der Waals surface area contributed by atoms with E-state index in [1.54, 1.807) is 48.6 Å². The van der Waals surface area contributed by atoms with Crippen LogP contribution in [0.15, 0.2) is 59.7 Å². The molecule has 5 nitrogen and oxygen atoms in total. The van der Waals surface area contributed by atoms with Gasteiger partial charge in [0, 0.05) is 12.0 Å². The molecule has 0 saturated heterocycles. The molecular weight excluding hydrogens is 332 g/mol. The minimum absolute atomic E-state index is 0.0794. The van der Waals surface area contributed by atoms with Gasteiger partial charge in [-0.25, -0.2) is 9.59 Å².